The highest BCUT2D eigenvalue weighted by molar-refractivity contribution is 6.24. The molecule has 0 radical (unpaired) electrons. The highest BCUT2D eigenvalue weighted by atomic mass is 16.5. The molecule has 0 bridgehead atoms. The van der Waals surface area contributed by atoms with E-state index in [0.29, 0.717) is 35.4 Å². The number of imidazole rings is 1. The molecule has 1 aliphatic carbocycles. The Morgan fingerprint density at radius 2 is 1.86 bits per heavy atom. The molecule has 294 valence electrons. The second-order valence-corrected chi connectivity index (χ2v) is 15.1. The Bertz CT molecular complexity index is 2310. The van der Waals surface area contributed by atoms with Gasteiger partial charge in [-0.3, -0.25) is 39.0 Å². The largest absolute Gasteiger partial charge is 0.493 e. The summed E-state index contributed by atoms with van der Waals surface area (Å²) < 4.78 is 8.28. The SMILES string of the molecule is Cc1c(CO)cc(C(=O)N[C@@H]2CCc3ccc(-c4cn5c(n4)CCC5)cc32)cc1OCCCNC(=O)CCc1cccc2c1C(=O)N(C1CCC(=O)NC1=O)C2=O. The van der Waals surface area contributed by atoms with Crippen LogP contribution in [0.4, 0.5) is 0 Å². The van der Waals surface area contributed by atoms with E-state index in [-0.39, 0.29) is 67.9 Å². The molecule has 1 fully saturated rings. The van der Waals surface area contributed by atoms with Crippen LogP contribution in [0, 0.1) is 6.92 Å². The fraction of sp³-hybridized carbons (Fsp3) is 0.372. The Morgan fingerprint density at radius 3 is 2.67 bits per heavy atom. The monoisotopic (exact) mass is 772 g/mol. The lowest BCUT2D eigenvalue weighted by Gasteiger charge is -2.27. The zero-order valence-electron chi connectivity index (χ0n) is 31.7. The van der Waals surface area contributed by atoms with E-state index in [0.717, 1.165) is 65.3 Å². The summed E-state index contributed by atoms with van der Waals surface area (Å²) in [7, 11) is 0. The van der Waals surface area contributed by atoms with Gasteiger partial charge in [0.2, 0.25) is 17.7 Å². The molecular weight excluding hydrogens is 729 g/mol. The zero-order valence-corrected chi connectivity index (χ0v) is 31.7. The average Bonchev–Trinajstić information content (AvgIpc) is 3.98. The molecule has 4 aliphatic rings. The number of amides is 6. The third-order valence-electron chi connectivity index (χ3n) is 11.5. The van der Waals surface area contributed by atoms with Crippen molar-refractivity contribution in [1.82, 2.24) is 30.4 Å². The Hall–Kier alpha value is -6.15. The molecule has 0 spiro atoms. The van der Waals surface area contributed by atoms with Crippen LogP contribution in [-0.4, -0.2) is 74.2 Å². The summed E-state index contributed by atoms with van der Waals surface area (Å²) in [4.78, 5) is 82.7. The van der Waals surface area contributed by atoms with E-state index >= 15 is 0 Å². The van der Waals surface area contributed by atoms with Crippen molar-refractivity contribution in [2.45, 2.75) is 89.9 Å². The number of nitrogens with one attached hydrogen (secondary N) is 3. The summed E-state index contributed by atoms with van der Waals surface area (Å²) in [5.41, 5.74) is 6.86. The molecule has 4 heterocycles. The van der Waals surface area contributed by atoms with Crippen molar-refractivity contribution in [3.05, 3.63) is 105 Å². The molecule has 2 atom stereocenters. The lowest BCUT2D eigenvalue weighted by molar-refractivity contribution is -0.136. The highest BCUT2D eigenvalue weighted by Crippen LogP contribution is 2.36. The van der Waals surface area contributed by atoms with Gasteiger partial charge < -0.3 is 25.0 Å². The topological polar surface area (TPSA) is 189 Å². The summed E-state index contributed by atoms with van der Waals surface area (Å²) in [6, 6.07) is 13.4. The highest BCUT2D eigenvalue weighted by Gasteiger charge is 2.45. The number of benzene rings is 3. The minimum atomic E-state index is -1.06. The van der Waals surface area contributed by atoms with Gasteiger partial charge in [-0.2, -0.15) is 0 Å². The Labute approximate surface area is 329 Å². The molecule has 14 nitrogen and oxygen atoms in total. The quantitative estimate of drug-likeness (QED) is 0.116. The van der Waals surface area contributed by atoms with E-state index in [2.05, 4.69) is 44.9 Å². The van der Waals surface area contributed by atoms with Crippen LogP contribution in [0.25, 0.3) is 11.3 Å². The van der Waals surface area contributed by atoms with Crippen LogP contribution >= 0.6 is 0 Å². The summed E-state index contributed by atoms with van der Waals surface area (Å²) in [5, 5.41) is 18.4. The van der Waals surface area contributed by atoms with Crippen molar-refractivity contribution < 1.29 is 38.6 Å². The number of fused-ring (bicyclic) bond motifs is 3. The number of hydrogen-bond donors (Lipinski definition) is 4. The number of imide groups is 2. The molecule has 3 aliphatic heterocycles. The predicted octanol–water partition coefficient (Wildman–Crippen LogP) is 3.63. The summed E-state index contributed by atoms with van der Waals surface area (Å²) >= 11 is 0. The maximum absolute atomic E-state index is 13.6. The number of nitrogens with zero attached hydrogens (tertiary/aromatic N) is 3. The van der Waals surface area contributed by atoms with E-state index in [9.17, 15) is 33.9 Å². The number of rotatable bonds is 13. The number of aromatic nitrogens is 2. The van der Waals surface area contributed by atoms with Crippen LogP contribution in [-0.2, 0) is 46.8 Å². The third-order valence-corrected chi connectivity index (χ3v) is 11.5. The number of piperidine rings is 1. The van der Waals surface area contributed by atoms with Crippen molar-refractivity contribution in [2.75, 3.05) is 13.2 Å². The van der Waals surface area contributed by atoms with Gasteiger partial charge in [0.1, 0.15) is 17.6 Å². The van der Waals surface area contributed by atoms with Crippen molar-refractivity contribution in [3.8, 4) is 17.0 Å². The van der Waals surface area contributed by atoms with Gasteiger partial charge in [0.05, 0.1) is 36.1 Å². The number of aryl methyl sites for hydroxylation is 4. The first-order valence-electron chi connectivity index (χ1n) is 19.6. The van der Waals surface area contributed by atoms with E-state index in [1.54, 1.807) is 24.3 Å². The molecule has 8 rings (SSSR count). The van der Waals surface area contributed by atoms with Gasteiger partial charge in [-0.15, -0.1) is 0 Å². The fourth-order valence-electron chi connectivity index (χ4n) is 8.35. The van der Waals surface area contributed by atoms with Crippen LogP contribution in [0.15, 0.2) is 54.7 Å². The molecule has 3 aromatic carbocycles. The minimum Gasteiger partial charge on any atom is -0.493 e. The summed E-state index contributed by atoms with van der Waals surface area (Å²) in [6.07, 6.45) is 6.68. The molecule has 14 heteroatoms. The van der Waals surface area contributed by atoms with Gasteiger partial charge >= 0.3 is 0 Å². The second kappa shape index (κ2) is 15.8. The van der Waals surface area contributed by atoms with Crippen molar-refractivity contribution in [2.24, 2.45) is 0 Å². The van der Waals surface area contributed by atoms with Gasteiger partial charge in [0.15, 0.2) is 0 Å². The van der Waals surface area contributed by atoms with Gasteiger partial charge in [0.25, 0.3) is 17.7 Å². The average molecular weight is 773 g/mol. The molecule has 6 amide bonds. The lowest BCUT2D eigenvalue weighted by atomic mass is 9.99. The molecule has 4 N–H and O–H groups in total. The van der Waals surface area contributed by atoms with Crippen LogP contribution in [0.1, 0.15) is 109 Å². The number of aliphatic hydroxyl groups excluding tert-OH is 1. The number of ether oxygens (including phenoxy) is 1. The van der Waals surface area contributed by atoms with E-state index in [1.807, 2.05) is 6.92 Å². The molecular formula is C43H44N6O8. The van der Waals surface area contributed by atoms with Gasteiger partial charge in [0, 0.05) is 49.7 Å². The Balaban J connectivity index is 0.835. The van der Waals surface area contributed by atoms with Crippen LogP contribution in [0.5, 0.6) is 5.75 Å². The first kappa shape index (κ1) is 37.8. The Morgan fingerprint density at radius 1 is 1.00 bits per heavy atom. The summed E-state index contributed by atoms with van der Waals surface area (Å²) in [5.74, 6) is -1.24. The smallest absolute Gasteiger partial charge is 0.262 e. The molecule has 1 saturated heterocycles. The Kier molecular flexibility index (Phi) is 10.4. The molecule has 0 saturated carbocycles. The fourth-order valence-corrected chi connectivity index (χ4v) is 8.35. The standard InChI is InChI=1S/C43H44N6O8/c1-24-29(23-50)19-28(40(53)46-32-12-10-25-8-9-27(20-31(25)32)33-22-48-17-3-7-36(48)45-33)21-35(24)57-18-4-16-44-37(51)14-11-26-5-2-6-30-39(26)43(56)49(42(30)55)34-13-15-38(52)47-41(34)54/h2,5-6,8-9,19-22,32,34,50H,3-4,7,10-18,23H2,1H3,(H,44,51)(H,46,53)(H,47,52,54)/t32-,34?/m1/s1. The molecule has 1 unspecified atom stereocenters. The molecule has 4 aromatic rings. The first-order valence-corrected chi connectivity index (χ1v) is 19.6. The van der Waals surface area contributed by atoms with Crippen LogP contribution in [0.2, 0.25) is 0 Å². The zero-order chi connectivity index (χ0) is 39.8. The molecule has 1 aromatic heterocycles. The van der Waals surface area contributed by atoms with Crippen molar-refractivity contribution in [1.29, 1.82) is 0 Å². The predicted molar refractivity (Wildman–Crippen MR) is 206 cm³/mol. The molecule has 57 heavy (non-hydrogen) atoms. The second-order valence-electron chi connectivity index (χ2n) is 15.1. The third kappa shape index (κ3) is 7.44. The van der Waals surface area contributed by atoms with E-state index in [4.69, 9.17) is 9.72 Å². The van der Waals surface area contributed by atoms with E-state index in [1.165, 1.54) is 11.6 Å². The number of carbonyl (C=O) groups is 6. The van der Waals surface area contributed by atoms with Crippen LogP contribution in [0.3, 0.4) is 0 Å². The normalized spacial score (nSPS) is 18.3. The van der Waals surface area contributed by atoms with E-state index < -0.39 is 29.7 Å². The lowest BCUT2D eigenvalue weighted by Crippen LogP contribution is -2.54. The number of hydrogen-bond acceptors (Lipinski definition) is 9. The maximum Gasteiger partial charge on any atom is 0.262 e. The van der Waals surface area contributed by atoms with Crippen LogP contribution < -0.4 is 20.7 Å². The number of carbonyl (C=O) groups excluding carboxylic acids is 6. The minimum absolute atomic E-state index is 0.0291. The van der Waals surface area contributed by atoms with Crippen molar-refractivity contribution >= 4 is 35.4 Å². The van der Waals surface area contributed by atoms with Gasteiger partial charge in [-0.05, 0) is 97.5 Å². The maximum atomic E-state index is 13.6. The van der Waals surface area contributed by atoms with Gasteiger partial charge in [-0.25, -0.2) is 4.98 Å². The first-order chi connectivity index (χ1) is 27.6. The van der Waals surface area contributed by atoms with Gasteiger partial charge in [-0.1, -0.05) is 24.3 Å². The summed E-state index contributed by atoms with van der Waals surface area (Å²) in [6.45, 7) is 3.11. The van der Waals surface area contributed by atoms with Crippen molar-refractivity contribution in [3.63, 3.8) is 0 Å². The number of aliphatic hydroxyl groups is 1.